The zero-order valence-electron chi connectivity index (χ0n) is 12.6. The zero-order valence-corrected chi connectivity index (χ0v) is 15.0. The first kappa shape index (κ1) is 17.3. The highest BCUT2D eigenvalue weighted by atomic mass is 79.9. The first-order valence-electron chi connectivity index (χ1n) is 7.16. The molecule has 1 aliphatic carbocycles. The van der Waals surface area contributed by atoms with Crippen LogP contribution in [0.25, 0.3) is 11.0 Å². The van der Waals surface area contributed by atoms with E-state index in [4.69, 9.17) is 10.2 Å². The number of furan rings is 1. The summed E-state index contributed by atoms with van der Waals surface area (Å²) >= 11 is 3.44. The first-order valence-corrected chi connectivity index (χ1v) is 7.95. The lowest BCUT2D eigenvalue weighted by Crippen LogP contribution is -2.53. The molecule has 1 amide bonds. The number of benzene rings is 1. The van der Waals surface area contributed by atoms with Gasteiger partial charge in [-0.05, 0) is 50.8 Å². The molecule has 2 aromatic rings. The molecule has 1 aromatic heterocycles. The zero-order chi connectivity index (χ0) is 15.2. The number of fused-ring (bicyclic) bond motifs is 1. The average molecular weight is 388 g/mol. The van der Waals surface area contributed by atoms with Gasteiger partial charge in [-0.1, -0.05) is 15.9 Å². The molecule has 1 atom stereocenters. The Morgan fingerprint density at radius 1 is 1.50 bits per heavy atom. The number of carbonyl (C=O) groups is 1. The van der Waals surface area contributed by atoms with Gasteiger partial charge in [0.2, 0.25) is 0 Å². The number of nitrogens with one attached hydrogen (secondary N) is 1. The molecule has 22 heavy (non-hydrogen) atoms. The molecule has 1 fully saturated rings. The molecule has 0 radical (unpaired) electrons. The van der Waals surface area contributed by atoms with Crippen molar-refractivity contribution in [1.82, 2.24) is 5.32 Å². The van der Waals surface area contributed by atoms with E-state index in [1.165, 1.54) is 0 Å². The van der Waals surface area contributed by atoms with Gasteiger partial charge in [-0.15, -0.1) is 12.4 Å². The average Bonchev–Trinajstić information content (AvgIpc) is 3.26. The molecule has 6 heteroatoms. The second-order valence-corrected chi connectivity index (χ2v) is 6.96. The number of carbonyl (C=O) groups excluding carboxylic acids is 1. The van der Waals surface area contributed by atoms with Crippen LogP contribution in [0.15, 0.2) is 27.1 Å². The van der Waals surface area contributed by atoms with Crippen LogP contribution in [0, 0.1) is 12.8 Å². The fourth-order valence-electron chi connectivity index (χ4n) is 2.77. The summed E-state index contributed by atoms with van der Waals surface area (Å²) < 4.78 is 6.70. The summed E-state index contributed by atoms with van der Waals surface area (Å²) in [5.74, 6) is 0.674. The normalized spacial score (nSPS) is 16.9. The van der Waals surface area contributed by atoms with Crippen molar-refractivity contribution < 1.29 is 9.21 Å². The lowest BCUT2D eigenvalue weighted by molar-refractivity contribution is 0.0870. The van der Waals surface area contributed by atoms with Crippen LogP contribution in [0.3, 0.4) is 0 Å². The van der Waals surface area contributed by atoms with Gasteiger partial charge < -0.3 is 15.5 Å². The van der Waals surface area contributed by atoms with Crippen molar-refractivity contribution in [3.8, 4) is 0 Å². The molecule has 0 saturated heterocycles. The molecule has 0 aliphatic heterocycles. The Balaban J connectivity index is 0.00000176. The van der Waals surface area contributed by atoms with E-state index in [0.717, 1.165) is 33.8 Å². The molecule has 3 rings (SSSR count). The number of aryl methyl sites for hydroxylation is 1. The van der Waals surface area contributed by atoms with Gasteiger partial charge in [-0.25, -0.2) is 0 Å². The van der Waals surface area contributed by atoms with Gasteiger partial charge in [0.25, 0.3) is 5.91 Å². The van der Waals surface area contributed by atoms with Gasteiger partial charge in [0.15, 0.2) is 5.76 Å². The largest absolute Gasteiger partial charge is 0.451 e. The van der Waals surface area contributed by atoms with E-state index in [2.05, 4.69) is 21.2 Å². The van der Waals surface area contributed by atoms with Gasteiger partial charge in [-0.2, -0.15) is 0 Å². The predicted molar refractivity (Wildman–Crippen MR) is 93.5 cm³/mol. The predicted octanol–water partition coefficient (Wildman–Crippen LogP) is 3.78. The summed E-state index contributed by atoms with van der Waals surface area (Å²) in [6, 6.07) is 5.74. The van der Waals surface area contributed by atoms with Crippen molar-refractivity contribution in [2.24, 2.45) is 11.7 Å². The molecule has 1 saturated carbocycles. The number of nitrogens with two attached hydrogens (primary N) is 1. The maximum absolute atomic E-state index is 12.6. The fourth-order valence-corrected chi connectivity index (χ4v) is 3.13. The molecule has 120 valence electrons. The summed E-state index contributed by atoms with van der Waals surface area (Å²) in [5, 5.41) is 4.02. The van der Waals surface area contributed by atoms with Crippen LogP contribution in [-0.2, 0) is 0 Å². The second-order valence-electron chi connectivity index (χ2n) is 6.05. The van der Waals surface area contributed by atoms with Gasteiger partial charge >= 0.3 is 0 Å². The summed E-state index contributed by atoms with van der Waals surface area (Å²) in [5.41, 5.74) is 7.10. The van der Waals surface area contributed by atoms with Crippen molar-refractivity contribution >= 4 is 45.2 Å². The Bertz CT molecular complexity index is 711. The summed E-state index contributed by atoms with van der Waals surface area (Å²) in [6.45, 7) is 4.36. The fraction of sp³-hybridized carbons (Fsp3) is 0.438. The minimum Gasteiger partial charge on any atom is -0.451 e. The molecular formula is C16H20BrClN2O2. The third kappa shape index (κ3) is 3.03. The molecule has 1 heterocycles. The van der Waals surface area contributed by atoms with Crippen molar-refractivity contribution in [2.75, 3.05) is 6.54 Å². The number of hydrogen-bond donors (Lipinski definition) is 2. The number of rotatable bonds is 4. The maximum Gasteiger partial charge on any atom is 0.287 e. The number of amides is 1. The molecular weight excluding hydrogens is 368 g/mol. The third-order valence-electron chi connectivity index (χ3n) is 4.41. The van der Waals surface area contributed by atoms with Crippen molar-refractivity contribution in [3.63, 3.8) is 0 Å². The monoisotopic (exact) mass is 386 g/mol. The Hall–Kier alpha value is -1.04. The van der Waals surface area contributed by atoms with Crippen molar-refractivity contribution in [3.05, 3.63) is 34.0 Å². The Morgan fingerprint density at radius 3 is 2.77 bits per heavy atom. The Kier molecular flexibility index (Phi) is 4.90. The van der Waals surface area contributed by atoms with Crippen LogP contribution in [0.4, 0.5) is 0 Å². The molecule has 1 aromatic carbocycles. The minimum absolute atomic E-state index is 0. The van der Waals surface area contributed by atoms with Crippen LogP contribution in [0.5, 0.6) is 0 Å². The molecule has 0 bridgehead atoms. The minimum atomic E-state index is -0.344. The molecule has 1 aliphatic rings. The summed E-state index contributed by atoms with van der Waals surface area (Å²) in [7, 11) is 0. The Labute approximate surface area is 144 Å². The highest BCUT2D eigenvalue weighted by molar-refractivity contribution is 9.10. The molecule has 4 nitrogen and oxygen atoms in total. The summed E-state index contributed by atoms with van der Waals surface area (Å²) in [6.07, 6.45) is 2.25. The van der Waals surface area contributed by atoms with E-state index in [1.54, 1.807) is 0 Å². The smallest absolute Gasteiger partial charge is 0.287 e. The quantitative estimate of drug-likeness (QED) is 0.839. The van der Waals surface area contributed by atoms with E-state index in [1.807, 2.05) is 32.0 Å². The van der Waals surface area contributed by atoms with E-state index >= 15 is 0 Å². The molecule has 1 unspecified atom stereocenters. The summed E-state index contributed by atoms with van der Waals surface area (Å²) in [4.78, 5) is 12.6. The van der Waals surface area contributed by atoms with Crippen molar-refractivity contribution in [1.29, 1.82) is 0 Å². The molecule has 3 N–H and O–H groups in total. The van der Waals surface area contributed by atoms with Gasteiger partial charge in [-0.3, -0.25) is 4.79 Å². The van der Waals surface area contributed by atoms with Crippen LogP contribution in [0.2, 0.25) is 0 Å². The number of halogens is 2. The van der Waals surface area contributed by atoms with Crippen LogP contribution in [0.1, 0.15) is 35.9 Å². The SMILES string of the molecule is Cc1c(C(=O)NC(C)(CN)C2CC2)oc2ccc(Br)cc12.Cl. The highest BCUT2D eigenvalue weighted by Gasteiger charge is 2.42. The molecule has 0 spiro atoms. The van der Waals surface area contributed by atoms with E-state index < -0.39 is 0 Å². The van der Waals surface area contributed by atoms with Gasteiger partial charge in [0.1, 0.15) is 5.58 Å². The van der Waals surface area contributed by atoms with Crippen LogP contribution < -0.4 is 11.1 Å². The van der Waals surface area contributed by atoms with E-state index in [-0.39, 0.29) is 23.9 Å². The standard InChI is InChI=1S/C16H19BrN2O2.ClH/c1-9-12-7-11(17)5-6-13(12)21-14(9)15(20)19-16(2,8-18)10-3-4-10;/h5-7,10H,3-4,8,18H2,1-2H3,(H,19,20);1H. The lowest BCUT2D eigenvalue weighted by Gasteiger charge is -2.29. The highest BCUT2D eigenvalue weighted by Crippen LogP contribution is 2.39. The second kappa shape index (κ2) is 6.22. The van der Waals surface area contributed by atoms with Crippen molar-refractivity contribution in [2.45, 2.75) is 32.2 Å². The van der Waals surface area contributed by atoms with Gasteiger partial charge in [0.05, 0.1) is 5.54 Å². The number of hydrogen-bond acceptors (Lipinski definition) is 3. The van der Waals surface area contributed by atoms with Crippen LogP contribution >= 0.6 is 28.3 Å². The van der Waals surface area contributed by atoms with E-state index in [9.17, 15) is 4.79 Å². The van der Waals surface area contributed by atoms with E-state index in [0.29, 0.717) is 18.2 Å². The topological polar surface area (TPSA) is 68.3 Å². The first-order chi connectivity index (χ1) is 9.94. The lowest BCUT2D eigenvalue weighted by atomic mass is 9.95. The van der Waals surface area contributed by atoms with Gasteiger partial charge in [0, 0.05) is 22.0 Å². The maximum atomic E-state index is 12.6. The third-order valence-corrected chi connectivity index (χ3v) is 4.90. The van der Waals surface area contributed by atoms with Crippen LogP contribution in [-0.4, -0.2) is 18.0 Å². The Morgan fingerprint density at radius 2 is 2.18 bits per heavy atom.